The van der Waals surface area contributed by atoms with E-state index in [2.05, 4.69) is 0 Å². The largest absolute Gasteiger partial charge is 0.494 e. The standard InChI is InChI=1S/C24H29N3O4S/c1-6-31-18-9-10-19-22(16-18)32-24(25-19)27(14-13-26(2)3)23(28)12-8-17-7-11-20(29-4)21(15-17)30-5/h7-12,15-16H,6,13-14H2,1-5H3/b12-8+. The summed E-state index contributed by atoms with van der Waals surface area (Å²) in [5.74, 6) is 1.92. The maximum atomic E-state index is 13.2. The number of carbonyl (C=O) groups excluding carboxylic acids is 1. The van der Waals surface area contributed by atoms with E-state index in [1.54, 1.807) is 31.3 Å². The van der Waals surface area contributed by atoms with Crippen LogP contribution in [0.2, 0.25) is 0 Å². The third-order valence-electron chi connectivity index (χ3n) is 4.75. The second-order valence-corrected chi connectivity index (χ2v) is 8.31. The fourth-order valence-electron chi connectivity index (χ4n) is 3.08. The van der Waals surface area contributed by atoms with Crippen LogP contribution in [0.25, 0.3) is 16.3 Å². The molecule has 32 heavy (non-hydrogen) atoms. The lowest BCUT2D eigenvalue weighted by Crippen LogP contribution is -2.35. The number of benzene rings is 2. The lowest BCUT2D eigenvalue weighted by molar-refractivity contribution is -0.114. The number of hydrogen-bond donors (Lipinski definition) is 0. The number of ether oxygens (including phenoxy) is 3. The van der Waals surface area contributed by atoms with Crippen molar-refractivity contribution in [2.45, 2.75) is 6.92 Å². The average Bonchev–Trinajstić information content (AvgIpc) is 3.20. The summed E-state index contributed by atoms with van der Waals surface area (Å²) in [6.45, 7) is 3.80. The van der Waals surface area contributed by atoms with Gasteiger partial charge >= 0.3 is 0 Å². The van der Waals surface area contributed by atoms with Crippen LogP contribution in [0, 0.1) is 0 Å². The number of fused-ring (bicyclic) bond motifs is 1. The minimum Gasteiger partial charge on any atom is -0.494 e. The maximum Gasteiger partial charge on any atom is 0.252 e. The second kappa shape index (κ2) is 11.0. The number of hydrogen-bond acceptors (Lipinski definition) is 7. The van der Waals surface area contributed by atoms with E-state index >= 15 is 0 Å². The SMILES string of the molecule is CCOc1ccc2nc(N(CCN(C)C)C(=O)/C=C/c3ccc(OC)c(OC)c3)sc2c1. The first-order valence-corrected chi connectivity index (χ1v) is 11.2. The van der Waals surface area contributed by atoms with Crippen LogP contribution < -0.4 is 19.1 Å². The van der Waals surface area contributed by atoms with Crippen molar-refractivity contribution in [2.24, 2.45) is 0 Å². The van der Waals surface area contributed by atoms with Crippen molar-refractivity contribution in [3.05, 3.63) is 48.0 Å². The van der Waals surface area contributed by atoms with Crippen molar-refractivity contribution in [3.63, 3.8) is 0 Å². The molecule has 170 valence electrons. The molecule has 1 heterocycles. The van der Waals surface area contributed by atoms with Gasteiger partial charge in [-0.3, -0.25) is 9.69 Å². The highest BCUT2D eigenvalue weighted by Gasteiger charge is 2.18. The third-order valence-corrected chi connectivity index (χ3v) is 5.79. The Morgan fingerprint density at radius 1 is 1.06 bits per heavy atom. The number of likely N-dealkylation sites (N-methyl/N-ethyl adjacent to an activating group) is 1. The second-order valence-electron chi connectivity index (χ2n) is 7.30. The highest BCUT2D eigenvalue weighted by Crippen LogP contribution is 2.32. The van der Waals surface area contributed by atoms with Crippen LogP contribution in [0.3, 0.4) is 0 Å². The third kappa shape index (κ3) is 5.77. The molecule has 3 aromatic rings. The van der Waals surface area contributed by atoms with Gasteiger partial charge in [0.25, 0.3) is 5.91 Å². The van der Waals surface area contributed by atoms with Gasteiger partial charge in [0.1, 0.15) is 5.75 Å². The van der Waals surface area contributed by atoms with Crippen molar-refractivity contribution in [1.29, 1.82) is 0 Å². The molecule has 3 rings (SSSR count). The van der Waals surface area contributed by atoms with Crippen molar-refractivity contribution in [2.75, 3.05) is 52.9 Å². The molecule has 1 amide bonds. The summed E-state index contributed by atoms with van der Waals surface area (Å²) in [6, 6.07) is 11.3. The van der Waals surface area contributed by atoms with E-state index in [1.165, 1.54) is 11.3 Å². The van der Waals surface area contributed by atoms with Gasteiger partial charge in [-0.1, -0.05) is 17.4 Å². The number of rotatable bonds is 10. The summed E-state index contributed by atoms with van der Waals surface area (Å²) in [7, 11) is 7.14. The molecule has 7 nitrogen and oxygen atoms in total. The number of nitrogens with zero attached hydrogens (tertiary/aromatic N) is 3. The minimum atomic E-state index is -0.134. The van der Waals surface area contributed by atoms with Crippen molar-refractivity contribution in [3.8, 4) is 17.2 Å². The molecular formula is C24H29N3O4S. The predicted octanol–water partition coefficient (Wildman–Crippen LogP) is 4.32. The van der Waals surface area contributed by atoms with Gasteiger partial charge in [0.2, 0.25) is 0 Å². The number of anilines is 1. The topological polar surface area (TPSA) is 64.1 Å². The monoisotopic (exact) mass is 455 g/mol. The van der Waals surface area contributed by atoms with E-state index < -0.39 is 0 Å². The Hall–Kier alpha value is -3.10. The van der Waals surface area contributed by atoms with E-state index in [9.17, 15) is 4.79 Å². The fourth-order valence-corrected chi connectivity index (χ4v) is 4.10. The van der Waals surface area contributed by atoms with Crippen LogP contribution in [-0.2, 0) is 4.79 Å². The Bertz CT molecular complexity index is 1090. The first-order valence-electron chi connectivity index (χ1n) is 10.3. The molecule has 0 atom stereocenters. The number of thiazole rings is 1. The Kier molecular flexibility index (Phi) is 8.08. The minimum absolute atomic E-state index is 0.134. The molecule has 0 spiro atoms. The molecule has 2 aromatic carbocycles. The Morgan fingerprint density at radius 2 is 1.84 bits per heavy atom. The van der Waals surface area contributed by atoms with Crippen LogP contribution in [-0.4, -0.2) is 63.8 Å². The van der Waals surface area contributed by atoms with E-state index in [0.717, 1.165) is 28.1 Å². The van der Waals surface area contributed by atoms with Gasteiger partial charge in [-0.25, -0.2) is 4.98 Å². The first kappa shape index (κ1) is 23.6. The molecule has 0 unspecified atom stereocenters. The molecular weight excluding hydrogens is 426 g/mol. The summed E-state index contributed by atoms with van der Waals surface area (Å²) >= 11 is 1.48. The van der Waals surface area contributed by atoms with Crippen LogP contribution >= 0.6 is 11.3 Å². The van der Waals surface area contributed by atoms with Crippen LogP contribution in [0.15, 0.2) is 42.5 Å². The molecule has 8 heteroatoms. The number of methoxy groups -OCH3 is 2. The van der Waals surface area contributed by atoms with Crippen molar-refractivity contribution < 1.29 is 19.0 Å². The van der Waals surface area contributed by atoms with Crippen LogP contribution in [0.5, 0.6) is 17.2 Å². The van der Waals surface area contributed by atoms with E-state index in [1.807, 2.05) is 62.3 Å². The Morgan fingerprint density at radius 3 is 2.53 bits per heavy atom. The number of aromatic nitrogens is 1. The molecule has 0 saturated heterocycles. The van der Waals surface area contributed by atoms with Gasteiger partial charge in [0.15, 0.2) is 16.6 Å². The van der Waals surface area contributed by atoms with Gasteiger partial charge in [-0.15, -0.1) is 0 Å². The Balaban J connectivity index is 1.87. The maximum absolute atomic E-state index is 13.2. The molecule has 0 aliphatic rings. The zero-order valence-electron chi connectivity index (χ0n) is 19.1. The molecule has 0 fully saturated rings. The Labute approximate surface area is 192 Å². The summed E-state index contributed by atoms with van der Waals surface area (Å²) in [6.07, 6.45) is 3.34. The number of amides is 1. The quantitative estimate of drug-likeness (QED) is 0.424. The normalized spacial score (nSPS) is 11.3. The van der Waals surface area contributed by atoms with Gasteiger partial charge in [0.05, 0.1) is 31.0 Å². The smallest absolute Gasteiger partial charge is 0.252 e. The van der Waals surface area contributed by atoms with E-state index in [-0.39, 0.29) is 5.91 Å². The molecule has 0 bridgehead atoms. The van der Waals surface area contributed by atoms with Crippen molar-refractivity contribution in [1.82, 2.24) is 9.88 Å². The zero-order chi connectivity index (χ0) is 23.1. The van der Waals surface area contributed by atoms with E-state index in [0.29, 0.717) is 29.8 Å². The molecule has 0 saturated carbocycles. The highest BCUT2D eigenvalue weighted by molar-refractivity contribution is 7.22. The summed E-state index contributed by atoms with van der Waals surface area (Å²) in [5, 5.41) is 0.664. The molecule has 1 aromatic heterocycles. The van der Waals surface area contributed by atoms with Crippen LogP contribution in [0.1, 0.15) is 12.5 Å². The van der Waals surface area contributed by atoms with Gasteiger partial charge in [0, 0.05) is 19.2 Å². The summed E-state index contributed by atoms with van der Waals surface area (Å²) in [5.41, 5.74) is 1.69. The molecule has 0 radical (unpaired) electrons. The lowest BCUT2D eigenvalue weighted by Gasteiger charge is -2.20. The molecule has 0 N–H and O–H groups in total. The van der Waals surface area contributed by atoms with Gasteiger partial charge in [-0.2, -0.15) is 0 Å². The molecule has 0 aliphatic carbocycles. The summed E-state index contributed by atoms with van der Waals surface area (Å²) < 4.78 is 17.2. The van der Waals surface area contributed by atoms with Crippen LogP contribution in [0.4, 0.5) is 5.13 Å². The zero-order valence-corrected chi connectivity index (χ0v) is 19.9. The first-order chi connectivity index (χ1) is 15.4. The lowest BCUT2D eigenvalue weighted by atomic mass is 10.2. The predicted molar refractivity (Wildman–Crippen MR) is 130 cm³/mol. The fraction of sp³-hybridized carbons (Fsp3) is 0.333. The van der Waals surface area contributed by atoms with Gasteiger partial charge in [-0.05, 0) is 63.0 Å². The van der Waals surface area contributed by atoms with E-state index in [4.69, 9.17) is 19.2 Å². The highest BCUT2D eigenvalue weighted by atomic mass is 32.1. The summed E-state index contributed by atoms with van der Waals surface area (Å²) in [4.78, 5) is 21.6. The average molecular weight is 456 g/mol. The molecule has 0 aliphatic heterocycles. The van der Waals surface area contributed by atoms with Gasteiger partial charge < -0.3 is 19.1 Å². The number of carbonyl (C=O) groups is 1. The van der Waals surface area contributed by atoms with Crippen molar-refractivity contribution >= 4 is 38.7 Å².